The molecule has 3 nitrogen and oxygen atoms in total. The van der Waals surface area contributed by atoms with Crippen molar-refractivity contribution in [2.45, 2.75) is 30.9 Å². The molecule has 0 bridgehead atoms. The first kappa shape index (κ1) is 16.2. The van der Waals surface area contributed by atoms with Crippen molar-refractivity contribution in [1.82, 2.24) is 4.90 Å². The first-order chi connectivity index (χ1) is 10.1. The van der Waals surface area contributed by atoms with E-state index in [1.807, 2.05) is 6.07 Å². The highest BCUT2D eigenvalue weighted by Crippen LogP contribution is 2.26. The van der Waals surface area contributed by atoms with E-state index in [1.165, 1.54) is 5.56 Å². The van der Waals surface area contributed by atoms with Crippen LogP contribution >= 0.6 is 11.8 Å². The molecular weight excluding hydrogens is 280 g/mol. The molecule has 0 aromatic heterocycles. The lowest BCUT2D eigenvalue weighted by molar-refractivity contribution is 0.263. The number of nitrogens with zero attached hydrogens (tertiary/aromatic N) is 1. The minimum absolute atomic E-state index is 0.367. The molecule has 21 heavy (non-hydrogen) atoms. The molecule has 0 radical (unpaired) electrons. The molecule has 1 aliphatic heterocycles. The lowest BCUT2D eigenvalue weighted by atomic mass is 10.1. The Hall–Kier alpha value is -1.15. The monoisotopic (exact) mass is 304 g/mol. The number of rotatable bonds is 3. The van der Waals surface area contributed by atoms with E-state index in [0.29, 0.717) is 17.0 Å². The molecule has 2 N–H and O–H groups in total. The molecular formula is C17H24N2OS. The van der Waals surface area contributed by atoms with Crippen LogP contribution in [-0.4, -0.2) is 42.1 Å². The van der Waals surface area contributed by atoms with Crippen molar-refractivity contribution in [3.8, 4) is 17.6 Å². The van der Waals surface area contributed by atoms with Crippen molar-refractivity contribution in [2.24, 2.45) is 5.73 Å². The number of benzene rings is 1. The van der Waals surface area contributed by atoms with Gasteiger partial charge in [-0.3, -0.25) is 4.90 Å². The summed E-state index contributed by atoms with van der Waals surface area (Å²) in [5.41, 5.74) is 7.67. The van der Waals surface area contributed by atoms with Gasteiger partial charge >= 0.3 is 0 Å². The van der Waals surface area contributed by atoms with Crippen molar-refractivity contribution in [3.63, 3.8) is 0 Å². The van der Waals surface area contributed by atoms with Crippen LogP contribution in [0.4, 0.5) is 0 Å². The summed E-state index contributed by atoms with van der Waals surface area (Å²) >= 11 is 2.08. The van der Waals surface area contributed by atoms with Crippen LogP contribution in [0.25, 0.3) is 0 Å². The summed E-state index contributed by atoms with van der Waals surface area (Å²) in [6.45, 7) is 8.23. The zero-order chi connectivity index (χ0) is 15.2. The summed E-state index contributed by atoms with van der Waals surface area (Å²) in [6, 6.07) is 6.25. The normalized spacial score (nSPS) is 22.5. The largest absolute Gasteiger partial charge is 0.495 e. The molecule has 1 saturated heterocycles. The Bertz CT molecular complexity index is 525. The van der Waals surface area contributed by atoms with Gasteiger partial charge in [0, 0.05) is 30.1 Å². The Balaban J connectivity index is 2.13. The van der Waals surface area contributed by atoms with Gasteiger partial charge in [0.05, 0.1) is 19.2 Å². The molecule has 4 heteroatoms. The molecule has 1 aromatic rings. The maximum atomic E-state index is 5.46. The third-order valence-electron chi connectivity index (χ3n) is 3.49. The van der Waals surface area contributed by atoms with Gasteiger partial charge in [-0.1, -0.05) is 31.8 Å². The molecule has 1 heterocycles. The van der Waals surface area contributed by atoms with Crippen LogP contribution in [0, 0.1) is 11.8 Å². The molecule has 2 atom stereocenters. The van der Waals surface area contributed by atoms with E-state index in [-0.39, 0.29) is 0 Å². The Kier molecular flexibility index (Phi) is 5.98. The number of ether oxygens (including phenoxy) is 1. The van der Waals surface area contributed by atoms with E-state index in [2.05, 4.69) is 54.5 Å². The predicted molar refractivity (Wildman–Crippen MR) is 90.7 cm³/mol. The topological polar surface area (TPSA) is 38.5 Å². The second kappa shape index (κ2) is 7.74. The molecule has 0 aliphatic carbocycles. The third-order valence-corrected chi connectivity index (χ3v) is 4.72. The highest BCUT2D eigenvalue weighted by atomic mass is 32.2. The average Bonchev–Trinajstić information content (AvgIpc) is 2.44. The van der Waals surface area contributed by atoms with Crippen LogP contribution in [0.3, 0.4) is 0 Å². The van der Waals surface area contributed by atoms with Gasteiger partial charge in [-0.25, -0.2) is 0 Å². The van der Waals surface area contributed by atoms with Gasteiger partial charge < -0.3 is 10.5 Å². The van der Waals surface area contributed by atoms with Gasteiger partial charge in [-0.15, -0.1) is 0 Å². The van der Waals surface area contributed by atoms with Gasteiger partial charge in [0.1, 0.15) is 5.75 Å². The van der Waals surface area contributed by atoms with Crippen molar-refractivity contribution < 1.29 is 4.74 Å². The van der Waals surface area contributed by atoms with Crippen LogP contribution in [-0.2, 0) is 6.54 Å². The second-order valence-electron chi connectivity index (χ2n) is 5.49. The highest BCUT2D eigenvalue weighted by Gasteiger charge is 2.22. The van der Waals surface area contributed by atoms with Crippen LogP contribution in [0.2, 0.25) is 0 Å². The fraction of sp³-hybridized carbons (Fsp3) is 0.529. The maximum absolute atomic E-state index is 5.46. The fourth-order valence-corrected chi connectivity index (χ4v) is 4.16. The maximum Gasteiger partial charge on any atom is 0.134 e. The fourth-order valence-electron chi connectivity index (χ4n) is 2.77. The number of hydrogen-bond donors (Lipinski definition) is 1. The van der Waals surface area contributed by atoms with E-state index in [4.69, 9.17) is 10.5 Å². The summed E-state index contributed by atoms with van der Waals surface area (Å²) in [4.78, 5) is 2.52. The third kappa shape index (κ3) is 4.67. The molecule has 2 rings (SSSR count). The Morgan fingerprint density at radius 1 is 1.33 bits per heavy atom. The van der Waals surface area contributed by atoms with E-state index in [1.54, 1.807) is 7.11 Å². The van der Waals surface area contributed by atoms with Crippen LogP contribution < -0.4 is 10.5 Å². The van der Waals surface area contributed by atoms with E-state index < -0.39 is 0 Å². The first-order valence-corrected chi connectivity index (χ1v) is 8.30. The molecule has 0 spiro atoms. The SMILES string of the molecule is COc1ccc(CN2CC(C)SC(C)C2)cc1C#CCN. The van der Waals surface area contributed by atoms with E-state index in [0.717, 1.165) is 30.9 Å². The molecule has 0 saturated carbocycles. The van der Waals surface area contributed by atoms with Crippen molar-refractivity contribution in [2.75, 3.05) is 26.7 Å². The standard InChI is InChI=1S/C17H24N2OS/c1-13-10-19(11-14(2)21-13)12-15-6-7-17(20-3)16(9-15)5-4-8-18/h6-7,9,13-14H,8,10-12,18H2,1-3H3. The van der Waals surface area contributed by atoms with Gasteiger partial charge in [0.15, 0.2) is 0 Å². The zero-order valence-electron chi connectivity index (χ0n) is 13.1. The van der Waals surface area contributed by atoms with Gasteiger partial charge in [0.2, 0.25) is 0 Å². The second-order valence-corrected chi connectivity index (χ2v) is 7.37. The predicted octanol–water partition coefficient (Wildman–Crippen LogP) is 2.33. The summed E-state index contributed by atoms with van der Waals surface area (Å²) in [5, 5.41) is 1.40. The number of thioether (sulfide) groups is 1. The van der Waals surface area contributed by atoms with E-state index in [9.17, 15) is 0 Å². The molecule has 1 aromatic carbocycles. The van der Waals surface area contributed by atoms with E-state index >= 15 is 0 Å². The zero-order valence-corrected chi connectivity index (χ0v) is 13.9. The number of hydrogen-bond acceptors (Lipinski definition) is 4. The van der Waals surface area contributed by atoms with Crippen LogP contribution in [0.5, 0.6) is 5.75 Å². The summed E-state index contributed by atoms with van der Waals surface area (Å²) in [7, 11) is 1.67. The van der Waals surface area contributed by atoms with Crippen LogP contribution in [0.1, 0.15) is 25.0 Å². The quantitative estimate of drug-likeness (QED) is 0.870. The minimum Gasteiger partial charge on any atom is -0.495 e. The average molecular weight is 304 g/mol. The molecule has 0 amide bonds. The van der Waals surface area contributed by atoms with Crippen LogP contribution in [0.15, 0.2) is 18.2 Å². The minimum atomic E-state index is 0.367. The number of nitrogens with two attached hydrogens (primary N) is 1. The van der Waals surface area contributed by atoms with Gasteiger partial charge in [-0.2, -0.15) is 11.8 Å². The van der Waals surface area contributed by atoms with Gasteiger partial charge in [-0.05, 0) is 17.7 Å². The lowest BCUT2D eigenvalue weighted by Crippen LogP contribution is -2.39. The molecule has 1 fully saturated rings. The van der Waals surface area contributed by atoms with Crippen molar-refractivity contribution in [3.05, 3.63) is 29.3 Å². The smallest absolute Gasteiger partial charge is 0.134 e. The first-order valence-electron chi connectivity index (χ1n) is 7.36. The van der Waals surface area contributed by atoms with Gasteiger partial charge in [0.25, 0.3) is 0 Å². The Morgan fingerprint density at radius 3 is 2.67 bits per heavy atom. The van der Waals surface area contributed by atoms with Crippen molar-refractivity contribution in [1.29, 1.82) is 0 Å². The summed E-state index contributed by atoms with van der Waals surface area (Å²) in [6.07, 6.45) is 0. The number of methoxy groups -OCH3 is 1. The molecule has 2 unspecified atom stereocenters. The highest BCUT2D eigenvalue weighted by molar-refractivity contribution is 8.00. The Morgan fingerprint density at radius 2 is 2.05 bits per heavy atom. The summed E-state index contributed by atoms with van der Waals surface area (Å²) in [5.74, 6) is 6.82. The molecule has 114 valence electrons. The van der Waals surface area contributed by atoms with Crippen molar-refractivity contribution >= 4 is 11.8 Å². The lowest BCUT2D eigenvalue weighted by Gasteiger charge is -2.34. The summed E-state index contributed by atoms with van der Waals surface area (Å²) < 4.78 is 5.36. The Labute approximate surface area is 132 Å². The molecule has 1 aliphatic rings.